The van der Waals surface area contributed by atoms with Gasteiger partial charge >= 0.3 is 0 Å². The lowest BCUT2D eigenvalue weighted by Gasteiger charge is -2.22. The highest BCUT2D eigenvalue weighted by Crippen LogP contribution is 2.29. The van der Waals surface area contributed by atoms with Crippen molar-refractivity contribution in [3.05, 3.63) is 29.0 Å². The number of nitrogens with zero attached hydrogens (tertiary/aromatic N) is 1. The Kier molecular flexibility index (Phi) is 3.26. The summed E-state index contributed by atoms with van der Waals surface area (Å²) in [5.74, 6) is 0. The lowest BCUT2D eigenvalue weighted by molar-refractivity contribution is 0.644. The average molecular weight is 268 g/mol. The van der Waals surface area contributed by atoms with Crippen LogP contribution in [0.15, 0.2) is 29.0 Å². The van der Waals surface area contributed by atoms with Crippen LogP contribution in [-0.2, 0) is 0 Å². The number of aromatic nitrogens is 1. The van der Waals surface area contributed by atoms with Gasteiger partial charge in [-0.25, -0.2) is 0 Å². The Balaban J connectivity index is 2.13. The molecule has 0 saturated heterocycles. The maximum Gasteiger partial charge on any atom is 0.0752 e. The second-order valence-corrected chi connectivity index (χ2v) is 4.57. The predicted octanol–water partition coefficient (Wildman–Crippen LogP) is 2.95. The zero-order valence-corrected chi connectivity index (χ0v) is 10.00. The van der Waals surface area contributed by atoms with Crippen molar-refractivity contribution in [1.82, 2.24) is 4.98 Å². The molecule has 0 spiro atoms. The van der Waals surface area contributed by atoms with Crippen molar-refractivity contribution in [3.63, 3.8) is 0 Å². The van der Waals surface area contributed by atoms with Crippen LogP contribution >= 0.6 is 15.9 Å². The molecule has 0 fully saturated rings. The zero-order chi connectivity index (χ0) is 10.7. The smallest absolute Gasteiger partial charge is 0.0752 e. The van der Waals surface area contributed by atoms with E-state index in [2.05, 4.69) is 38.4 Å². The molecule has 2 rings (SSSR count). The first kappa shape index (κ1) is 10.5. The number of halogens is 1. The fourth-order valence-corrected chi connectivity index (χ4v) is 2.19. The molecular formula is C11H14BrN3. The molecule has 0 radical (unpaired) electrons. The van der Waals surface area contributed by atoms with Gasteiger partial charge in [-0.1, -0.05) is 12.2 Å². The molecule has 1 aromatic rings. The molecule has 80 valence electrons. The van der Waals surface area contributed by atoms with Crippen LogP contribution in [0.25, 0.3) is 0 Å². The maximum atomic E-state index is 5.87. The molecular weight excluding hydrogens is 254 g/mol. The van der Waals surface area contributed by atoms with E-state index in [4.69, 9.17) is 5.73 Å². The molecule has 0 bridgehead atoms. The van der Waals surface area contributed by atoms with Gasteiger partial charge in [-0.2, -0.15) is 0 Å². The van der Waals surface area contributed by atoms with Crippen LogP contribution in [0.4, 0.5) is 11.4 Å². The summed E-state index contributed by atoms with van der Waals surface area (Å²) in [5.41, 5.74) is 7.52. The largest absolute Gasteiger partial charge is 0.396 e. The number of pyridine rings is 1. The Morgan fingerprint density at radius 2 is 2.27 bits per heavy atom. The summed E-state index contributed by atoms with van der Waals surface area (Å²) in [6.07, 6.45) is 11.2. The lowest BCUT2D eigenvalue weighted by Crippen LogP contribution is -2.21. The van der Waals surface area contributed by atoms with Crippen molar-refractivity contribution in [2.75, 3.05) is 11.1 Å². The molecule has 0 amide bonds. The topological polar surface area (TPSA) is 50.9 Å². The Hall–Kier alpha value is -1.03. The summed E-state index contributed by atoms with van der Waals surface area (Å²) in [7, 11) is 0. The summed E-state index contributed by atoms with van der Waals surface area (Å²) >= 11 is 3.45. The molecule has 1 aliphatic rings. The van der Waals surface area contributed by atoms with Crippen molar-refractivity contribution >= 4 is 27.3 Å². The number of allylic oxidation sites excluding steroid dienone is 1. The number of hydrogen-bond acceptors (Lipinski definition) is 3. The van der Waals surface area contributed by atoms with Crippen LogP contribution in [0, 0.1) is 0 Å². The molecule has 0 aromatic carbocycles. The van der Waals surface area contributed by atoms with E-state index in [0.29, 0.717) is 11.7 Å². The monoisotopic (exact) mass is 267 g/mol. The molecule has 0 saturated carbocycles. The van der Waals surface area contributed by atoms with Gasteiger partial charge in [0, 0.05) is 12.2 Å². The average Bonchev–Trinajstić information content (AvgIpc) is 2.25. The highest BCUT2D eigenvalue weighted by atomic mass is 79.9. The fourth-order valence-electron chi connectivity index (χ4n) is 1.73. The Morgan fingerprint density at radius 3 is 2.93 bits per heavy atom. The maximum absolute atomic E-state index is 5.87. The fraction of sp³-hybridized carbons (Fsp3) is 0.364. The van der Waals surface area contributed by atoms with Crippen molar-refractivity contribution in [3.8, 4) is 0 Å². The van der Waals surface area contributed by atoms with E-state index in [-0.39, 0.29) is 0 Å². The van der Waals surface area contributed by atoms with Gasteiger partial charge in [-0.3, -0.25) is 4.98 Å². The molecule has 1 aromatic heterocycles. The van der Waals surface area contributed by atoms with E-state index in [1.165, 1.54) is 0 Å². The van der Waals surface area contributed by atoms with E-state index in [1.54, 1.807) is 12.4 Å². The van der Waals surface area contributed by atoms with E-state index >= 15 is 0 Å². The minimum absolute atomic E-state index is 0.482. The van der Waals surface area contributed by atoms with Crippen molar-refractivity contribution in [2.24, 2.45) is 0 Å². The van der Waals surface area contributed by atoms with Crippen molar-refractivity contribution in [1.29, 1.82) is 0 Å². The third kappa shape index (κ3) is 2.50. The molecule has 3 nitrogen and oxygen atoms in total. The summed E-state index contributed by atoms with van der Waals surface area (Å²) in [4.78, 5) is 4.01. The number of hydrogen-bond donors (Lipinski definition) is 2. The van der Waals surface area contributed by atoms with E-state index in [0.717, 1.165) is 29.4 Å². The van der Waals surface area contributed by atoms with Gasteiger partial charge in [-0.05, 0) is 35.2 Å². The second-order valence-electron chi connectivity index (χ2n) is 3.71. The third-order valence-electron chi connectivity index (χ3n) is 2.55. The molecule has 1 heterocycles. The molecule has 15 heavy (non-hydrogen) atoms. The van der Waals surface area contributed by atoms with Crippen LogP contribution in [0.3, 0.4) is 0 Å². The zero-order valence-electron chi connectivity index (χ0n) is 8.41. The van der Waals surface area contributed by atoms with Crippen LogP contribution in [0.1, 0.15) is 19.3 Å². The van der Waals surface area contributed by atoms with Crippen LogP contribution < -0.4 is 11.1 Å². The van der Waals surface area contributed by atoms with Crippen molar-refractivity contribution in [2.45, 2.75) is 25.3 Å². The molecule has 4 heteroatoms. The van der Waals surface area contributed by atoms with Gasteiger partial charge in [0.15, 0.2) is 0 Å². The van der Waals surface area contributed by atoms with Gasteiger partial charge in [0.2, 0.25) is 0 Å². The summed E-state index contributed by atoms with van der Waals surface area (Å²) in [5, 5.41) is 3.45. The number of anilines is 2. The lowest BCUT2D eigenvalue weighted by atomic mass is 10.0. The summed E-state index contributed by atoms with van der Waals surface area (Å²) in [6, 6.07) is 0.482. The van der Waals surface area contributed by atoms with E-state index in [1.807, 2.05) is 0 Å². The van der Waals surface area contributed by atoms with Crippen LogP contribution in [-0.4, -0.2) is 11.0 Å². The number of nitrogens with two attached hydrogens (primary N) is 1. The van der Waals surface area contributed by atoms with Gasteiger partial charge in [0.1, 0.15) is 0 Å². The Morgan fingerprint density at radius 1 is 1.40 bits per heavy atom. The molecule has 1 aliphatic carbocycles. The normalized spacial score (nSPS) is 20.2. The highest BCUT2D eigenvalue weighted by molar-refractivity contribution is 9.10. The summed E-state index contributed by atoms with van der Waals surface area (Å²) < 4.78 is 0.928. The first-order valence-corrected chi connectivity index (χ1v) is 5.87. The van der Waals surface area contributed by atoms with Gasteiger partial charge in [0.25, 0.3) is 0 Å². The van der Waals surface area contributed by atoms with Gasteiger partial charge in [-0.15, -0.1) is 0 Å². The van der Waals surface area contributed by atoms with E-state index < -0.39 is 0 Å². The minimum atomic E-state index is 0.482. The minimum Gasteiger partial charge on any atom is -0.396 e. The number of nitrogen functional groups attached to an aromatic ring is 1. The van der Waals surface area contributed by atoms with Gasteiger partial charge in [0.05, 0.1) is 22.0 Å². The quantitative estimate of drug-likeness (QED) is 0.811. The Bertz CT molecular complexity index is 356. The first-order valence-electron chi connectivity index (χ1n) is 5.08. The molecule has 3 N–H and O–H groups in total. The molecule has 1 atom stereocenters. The first-order chi connectivity index (χ1) is 7.27. The predicted molar refractivity (Wildman–Crippen MR) is 66.8 cm³/mol. The molecule has 1 unspecified atom stereocenters. The second kappa shape index (κ2) is 4.66. The van der Waals surface area contributed by atoms with Crippen molar-refractivity contribution < 1.29 is 0 Å². The highest BCUT2D eigenvalue weighted by Gasteiger charge is 2.12. The number of nitrogens with one attached hydrogen (secondary N) is 1. The summed E-state index contributed by atoms with van der Waals surface area (Å²) in [6.45, 7) is 0. The Labute approximate surface area is 97.9 Å². The van der Waals surface area contributed by atoms with E-state index in [9.17, 15) is 0 Å². The molecule has 0 aliphatic heterocycles. The standard InChI is InChI=1S/C11H14BrN3/c12-9-6-14-7-10(13)11(9)15-8-4-2-1-3-5-8/h1-2,6-8H,3-5,13H2,(H,14,15). The number of rotatable bonds is 2. The SMILES string of the molecule is Nc1cncc(Br)c1NC1CC=CCC1. The van der Waals surface area contributed by atoms with Crippen LogP contribution in [0.5, 0.6) is 0 Å². The third-order valence-corrected chi connectivity index (χ3v) is 3.15. The van der Waals surface area contributed by atoms with Gasteiger partial charge < -0.3 is 11.1 Å². The van der Waals surface area contributed by atoms with Crippen LogP contribution in [0.2, 0.25) is 0 Å².